The molecule has 1 N–H and O–H groups in total. The highest BCUT2D eigenvalue weighted by atomic mass is 32.2. The molecule has 6 heteroatoms. The van der Waals surface area contributed by atoms with Crippen LogP contribution in [0.25, 0.3) is 0 Å². The molecule has 12 heavy (non-hydrogen) atoms. The second kappa shape index (κ2) is 3.24. The average Bonchev–Trinajstić information content (AvgIpc) is 2.31. The molecule has 0 radical (unpaired) electrons. The van der Waals surface area contributed by atoms with E-state index in [-0.39, 0.29) is 23.8 Å². The quantitative estimate of drug-likeness (QED) is 0.710. The fraction of sp³-hybridized carbons (Fsp3) is 0.500. The van der Waals surface area contributed by atoms with Gasteiger partial charge < -0.3 is 9.52 Å². The van der Waals surface area contributed by atoms with E-state index >= 15 is 0 Å². The summed E-state index contributed by atoms with van der Waals surface area (Å²) in [6, 6.07) is 0. The number of hydrogen-bond donors (Lipinski definition) is 1. The Morgan fingerprint density at radius 3 is 2.83 bits per heavy atom. The van der Waals surface area contributed by atoms with Crippen LogP contribution in [-0.2, 0) is 22.2 Å². The van der Waals surface area contributed by atoms with Crippen molar-refractivity contribution in [3.63, 3.8) is 0 Å². The molecule has 0 aliphatic heterocycles. The third kappa shape index (κ3) is 2.31. The molecular formula is C6H9NO4S. The molecule has 0 aliphatic rings. The molecule has 0 atom stereocenters. The summed E-state index contributed by atoms with van der Waals surface area (Å²) < 4.78 is 26.4. The predicted octanol–water partition coefficient (Wildman–Crippen LogP) is -0.288. The first-order valence-corrected chi connectivity index (χ1v) is 5.29. The van der Waals surface area contributed by atoms with Crippen molar-refractivity contribution in [2.75, 3.05) is 6.26 Å². The van der Waals surface area contributed by atoms with Crippen LogP contribution < -0.4 is 0 Å². The number of aromatic nitrogens is 1. The van der Waals surface area contributed by atoms with Gasteiger partial charge in [-0.05, 0) is 0 Å². The van der Waals surface area contributed by atoms with Crippen molar-refractivity contribution in [3.05, 3.63) is 17.8 Å². The molecule has 0 bridgehead atoms. The minimum Gasteiger partial charge on any atom is -0.447 e. The van der Waals surface area contributed by atoms with Gasteiger partial charge in [-0.1, -0.05) is 0 Å². The highest BCUT2D eigenvalue weighted by Crippen LogP contribution is 2.09. The number of hydrogen-bond acceptors (Lipinski definition) is 5. The Bertz CT molecular complexity index is 353. The number of rotatable bonds is 3. The third-order valence-corrected chi connectivity index (χ3v) is 2.05. The maximum atomic E-state index is 10.8. The molecule has 5 nitrogen and oxygen atoms in total. The van der Waals surface area contributed by atoms with Gasteiger partial charge in [0.1, 0.15) is 17.2 Å². The van der Waals surface area contributed by atoms with Gasteiger partial charge in [0.2, 0.25) is 0 Å². The number of aliphatic hydroxyl groups is 1. The Kier molecular flexibility index (Phi) is 2.49. The summed E-state index contributed by atoms with van der Waals surface area (Å²) in [5, 5.41) is 8.69. The van der Waals surface area contributed by atoms with Gasteiger partial charge in [0.15, 0.2) is 16.2 Å². The molecular weight excluding hydrogens is 182 g/mol. The van der Waals surface area contributed by atoms with Gasteiger partial charge in [-0.25, -0.2) is 13.4 Å². The van der Waals surface area contributed by atoms with E-state index in [1.807, 2.05) is 0 Å². The molecule has 68 valence electrons. The molecule has 0 fully saturated rings. The topological polar surface area (TPSA) is 80.4 Å². The first kappa shape index (κ1) is 9.21. The third-order valence-electron chi connectivity index (χ3n) is 1.27. The largest absolute Gasteiger partial charge is 0.447 e. The summed E-state index contributed by atoms with van der Waals surface area (Å²) in [6.45, 7) is -0.304. The monoisotopic (exact) mass is 191 g/mol. The highest BCUT2D eigenvalue weighted by molar-refractivity contribution is 7.89. The van der Waals surface area contributed by atoms with E-state index in [2.05, 4.69) is 4.98 Å². The van der Waals surface area contributed by atoms with Crippen LogP contribution in [0.5, 0.6) is 0 Å². The van der Waals surface area contributed by atoms with Crippen LogP contribution in [0.3, 0.4) is 0 Å². The van der Waals surface area contributed by atoms with E-state index in [1.165, 1.54) is 0 Å². The molecule has 1 aromatic rings. The lowest BCUT2D eigenvalue weighted by atomic mass is 10.4. The molecule has 0 saturated carbocycles. The van der Waals surface area contributed by atoms with Crippen LogP contribution >= 0.6 is 0 Å². The van der Waals surface area contributed by atoms with E-state index < -0.39 is 9.84 Å². The summed E-state index contributed by atoms with van der Waals surface area (Å²) in [5.74, 6) is -0.0110. The molecule has 0 aliphatic carbocycles. The number of oxazole rings is 1. The minimum absolute atomic E-state index is 0.208. The van der Waals surface area contributed by atoms with E-state index in [4.69, 9.17) is 9.52 Å². The smallest absolute Gasteiger partial charge is 0.181 e. The summed E-state index contributed by atoms with van der Waals surface area (Å²) in [5.41, 5.74) is 0.278. The zero-order valence-electron chi connectivity index (χ0n) is 6.52. The van der Waals surface area contributed by atoms with Gasteiger partial charge in [0.25, 0.3) is 0 Å². The van der Waals surface area contributed by atoms with Crippen LogP contribution in [-0.4, -0.2) is 24.8 Å². The van der Waals surface area contributed by atoms with Crippen LogP contribution in [0.1, 0.15) is 11.5 Å². The molecule has 0 aromatic carbocycles. The lowest BCUT2D eigenvalue weighted by Gasteiger charge is -1.94. The van der Waals surface area contributed by atoms with Gasteiger partial charge >= 0.3 is 0 Å². The van der Waals surface area contributed by atoms with E-state index in [0.29, 0.717) is 0 Å². The summed E-state index contributed by atoms with van der Waals surface area (Å²) in [6.07, 6.45) is 2.21. The highest BCUT2D eigenvalue weighted by Gasteiger charge is 2.12. The van der Waals surface area contributed by atoms with Crippen molar-refractivity contribution >= 4 is 9.84 Å². The molecule has 1 heterocycles. The number of sulfone groups is 1. The maximum absolute atomic E-state index is 10.8. The summed E-state index contributed by atoms with van der Waals surface area (Å²) in [4.78, 5) is 3.64. The van der Waals surface area contributed by atoms with Gasteiger partial charge in [-0.2, -0.15) is 0 Å². The van der Waals surface area contributed by atoms with Crippen molar-refractivity contribution in [1.82, 2.24) is 4.98 Å². The van der Waals surface area contributed by atoms with E-state index in [1.54, 1.807) is 0 Å². The first-order chi connectivity index (χ1) is 5.53. The fourth-order valence-corrected chi connectivity index (χ4v) is 1.49. The van der Waals surface area contributed by atoms with Gasteiger partial charge in [0, 0.05) is 6.26 Å². The summed E-state index contributed by atoms with van der Waals surface area (Å²) in [7, 11) is -3.12. The van der Waals surface area contributed by atoms with Gasteiger partial charge in [-0.3, -0.25) is 0 Å². The zero-order chi connectivity index (χ0) is 9.19. The second-order valence-corrected chi connectivity index (χ2v) is 4.59. The van der Waals surface area contributed by atoms with Crippen LogP contribution in [0.4, 0.5) is 0 Å². The van der Waals surface area contributed by atoms with E-state index in [0.717, 1.165) is 12.6 Å². The normalized spacial score (nSPS) is 11.8. The summed E-state index contributed by atoms with van der Waals surface area (Å²) >= 11 is 0. The van der Waals surface area contributed by atoms with Crippen molar-refractivity contribution in [1.29, 1.82) is 0 Å². The van der Waals surface area contributed by atoms with Crippen molar-refractivity contribution < 1.29 is 17.9 Å². The van der Waals surface area contributed by atoms with Crippen LogP contribution in [0.2, 0.25) is 0 Å². The lowest BCUT2D eigenvalue weighted by molar-refractivity contribution is 0.275. The van der Waals surface area contributed by atoms with E-state index in [9.17, 15) is 8.42 Å². The Hall–Kier alpha value is -0.880. The molecule has 0 unspecified atom stereocenters. The predicted molar refractivity (Wildman–Crippen MR) is 41.0 cm³/mol. The van der Waals surface area contributed by atoms with Gasteiger partial charge in [0.05, 0.1) is 6.61 Å². The number of aliphatic hydroxyl groups excluding tert-OH is 1. The fourth-order valence-electron chi connectivity index (χ4n) is 0.778. The molecule has 0 saturated heterocycles. The molecule has 0 spiro atoms. The first-order valence-electron chi connectivity index (χ1n) is 3.23. The Morgan fingerprint density at radius 2 is 2.33 bits per heavy atom. The molecule has 1 rings (SSSR count). The second-order valence-electron chi connectivity index (χ2n) is 2.45. The molecule has 0 amide bonds. The van der Waals surface area contributed by atoms with Crippen LogP contribution in [0.15, 0.2) is 10.8 Å². The average molecular weight is 191 g/mol. The van der Waals surface area contributed by atoms with Crippen molar-refractivity contribution in [3.8, 4) is 0 Å². The SMILES string of the molecule is CS(=O)(=O)Cc1ocnc1CO. The minimum atomic E-state index is -3.12. The van der Waals surface area contributed by atoms with Crippen molar-refractivity contribution in [2.24, 2.45) is 0 Å². The van der Waals surface area contributed by atoms with Crippen molar-refractivity contribution in [2.45, 2.75) is 12.4 Å². The number of nitrogens with zero attached hydrogens (tertiary/aromatic N) is 1. The molecule has 1 aromatic heterocycles. The Labute approximate surface area is 70.0 Å². The zero-order valence-corrected chi connectivity index (χ0v) is 7.34. The van der Waals surface area contributed by atoms with Gasteiger partial charge in [-0.15, -0.1) is 0 Å². The maximum Gasteiger partial charge on any atom is 0.181 e. The van der Waals surface area contributed by atoms with Crippen LogP contribution in [0, 0.1) is 0 Å². The Balaban J connectivity index is 2.89. The Morgan fingerprint density at radius 1 is 1.67 bits per heavy atom. The standard InChI is InChI=1S/C6H9NO4S/c1-12(9,10)3-6-5(2-8)7-4-11-6/h4,8H,2-3H2,1H3. The lowest BCUT2D eigenvalue weighted by Crippen LogP contribution is -2.02.